The summed E-state index contributed by atoms with van der Waals surface area (Å²) >= 11 is 0. The van der Waals surface area contributed by atoms with Gasteiger partial charge in [-0.3, -0.25) is 9.78 Å². The molecular formula is C25H29F5N4O3. The highest BCUT2D eigenvalue weighted by Crippen LogP contribution is 2.38. The van der Waals surface area contributed by atoms with E-state index < -0.39 is 47.0 Å². The van der Waals surface area contributed by atoms with Crippen molar-refractivity contribution in [2.75, 3.05) is 18.0 Å². The van der Waals surface area contributed by atoms with Crippen LogP contribution in [0.2, 0.25) is 0 Å². The first kappa shape index (κ1) is 28.1. The molecule has 3 rings (SSSR count). The molecule has 1 fully saturated rings. The van der Waals surface area contributed by atoms with Crippen LogP contribution in [0.3, 0.4) is 0 Å². The number of benzene rings is 1. The highest BCUT2D eigenvalue weighted by molar-refractivity contribution is 6.03. The summed E-state index contributed by atoms with van der Waals surface area (Å²) in [5.74, 6) is -2.81. The van der Waals surface area contributed by atoms with E-state index in [2.05, 4.69) is 10.3 Å². The Labute approximate surface area is 211 Å². The second kappa shape index (κ2) is 10.1. The van der Waals surface area contributed by atoms with Crippen LogP contribution in [0.4, 0.5) is 32.4 Å². The molecule has 1 aliphatic rings. The minimum absolute atomic E-state index is 0.0484. The molecule has 0 bridgehead atoms. The summed E-state index contributed by atoms with van der Waals surface area (Å²) in [5.41, 5.74) is -1.44. The quantitative estimate of drug-likeness (QED) is 0.522. The monoisotopic (exact) mass is 528 g/mol. The van der Waals surface area contributed by atoms with Gasteiger partial charge in [-0.15, -0.1) is 0 Å². The number of carbonyl (C=O) groups is 2. The minimum Gasteiger partial charge on any atom is -0.444 e. The van der Waals surface area contributed by atoms with Crippen LogP contribution >= 0.6 is 0 Å². The van der Waals surface area contributed by atoms with Crippen LogP contribution in [-0.2, 0) is 4.74 Å². The molecular weight excluding hydrogens is 499 g/mol. The lowest BCUT2D eigenvalue weighted by Gasteiger charge is -2.30. The van der Waals surface area contributed by atoms with Crippen molar-refractivity contribution >= 4 is 17.7 Å². The van der Waals surface area contributed by atoms with Gasteiger partial charge in [0.05, 0.1) is 16.8 Å². The number of rotatable bonds is 5. The van der Waals surface area contributed by atoms with Crippen molar-refractivity contribution in [2.45, 2.75) is 64.4 Å². The van der Waals surface area contributed by atoms with Crippen LogP contribution < -0.4 is 15.5 Å². The summed E-state index contributed by atoms with van der Waals surface area (Å²) in [6, 6.07) is 0.603. The van der Waals surface area contributed by atoms with E-state index in [4.69, 9.17) is 4.74 Å². The first-order valence-electron chi connectivity index (χ1n) is 11.6. The summed E-state index contributed by atoms with van der Waals surface area (Å²) < 4.78 is 72.8. The maximum Gasteiger partial charge on any atom is 0.408 e. The number of pyridine rings is 1. The van der Waals surface area contributed by atoms with Gasteiger partial charge in [-0.05, 0) is 58.7 Å². The van der Waals surface area contributed by atoms with Gasteiger partial charge in [0.25, 0.3) is 5.91 Å². The number of carbonyl (C=O) groups excluding carboxylic acids is 2. The molecule has 202 valence electrons. The van der Waals surface area contributed by atoms with Gasteiger partial charge < -0.3 is 20.3 Å². The normalized spacial score (nSPS) is 18.9. The second-order valence-corrected chi connectivity index (χ2v) is 10.3. The van der Waals surface area contributed by atoms with Gasteiger partial charge in [-0.2, -0.15) is 13.2 Å². The molecule has 1 aromatic heterocycles. The predicted octanol–water partition coefficient (Wildman–Crippen LogP) is 5.20. The highest BCUT2D eigenvalue weighted by atomic mass is 19.4. The zero-order chi connectivity index (χ0) is 27.8. The molecule has 0 saturated carbocycles. The Bertz CT molecular complexity index is 1160. The fourth-order valence-corrected chi connectivity index (χ4v) is 4.04. The molecule has 1 aliphatic heterocycles. The number of amides is 2. The number of halogens is 5. The van der Waals surface area contributed by atoms with Crippen molar-refractivity contribution < 1.29 is 36.3 Å². The van der Waals surface area contributed by atoms with Gasteiger partial charge in [-0.25, -0.2) is 13.6 Å². The molecule has 0 radical (unpaired) electrons. The third-order valence-corrected chi connectivity index (χ3v) is 5.77. The van der Waals surface area contributed by atoms with E-state index in [0.717, 1.165) is 25.3 Å². The van der Waals surface area contributed by atoms with Gasteiger partial charge in [0.2, 0.25) is 0 Å². The van der Waals surface area contributed by atoms with Crippen molar-refractivity contribution in [3.8, 4) is 11.1 Å². The molecule has 0 spiro atoms. The van der Waals surface area contributed by atoms with Gasteiger partial charge in [-0.1, -0.05) is 0 Å². The zero-order valence-corrected chi connectivity index (χ0v) is 21.1. The van der Waals surface area contributed by atoms with E-state index in [1.807, 2.05) is 5.32 Å². The van der Waals surface area contributed by atoms with Crippen LogP contribution in [0, 0.1) is 11.6 Å². The van der Waals surface area contributed by atoms with Crippen LogP contribution in [0.5, 0.6) is 0 Å². The zero-order valence-electron chi connectivity index (χ0n) is 21.1. The molecule has 1 aromatic carbocycles. The van der Waals surface area contributed by atoms with Gasteiger partial charge >= 0.3 is 12.3 Å². The Balaban J connectivity index is 2.03. The summed E-state index contributed by atoms with van der Waals surface area (Å²) in [5, 5.41) is 4.71. The van der Waals surface area contributed by atoms with Gasteiger partial charge in [0, 0.05) is 37.1 Å². The van der Waals surface area contributed by atoms with Crippen LogP contribution in [0.1, 0.15) is 51.4 Å². The number of hydrogen-bond donors (Lipinski definition) is 2. The SMILES string of the molecule is C[C@H](NC(=O)c1cncc(-c2cc(F)cc(F)c2)c1N1CC[C@](C)(NC(=O)OC(C)(C)C)C1)C(F)(F)F. The number of nitrogens with one attached hydrogen (secondary N) is 2. The largest absolute Gasteiger partial charge is 0.444 e. The number of aromatic nitrogens is 1. The number of hydrogen-bond acceptors (Lipinski definition) is 5. The fraction of sp³-hybridized carbons (Fsp3) is 0.480. The molecule has 37 heavy (non-hydrogen) atoms. The molecule has 2 heterocycles. The maximum absolute atomic E-state index is 14.0. The van der Waals surface area contributed by atoms with Crippen LogP contribution in [0.15, 0.2) is 30.6 Å². The van der Waals surface area contributed by atoms with E-state index in [1.54, 1.807) is 32.6 Å². The number of ether oxygens (including phenoxy) is 1. The Hall–Kier alpha value is -3.44. The van der Waals surface area contributed by atoms with Gasteiger partial charge in [0.15, 0.2) is 0 Å². The summed E-state index contributed by atoms with van der Waals surface area (Å²) in [6.07, 6.45) is -2.56. The fourth-order valence-electron chi connectivity index (χ4n) is 4.04. The maximum atomic E-state index is 14.0. The van der Waals surface area contributed by atoms with E-state index in [0.29, 0.717) is 12.5 Å². The van der Waals surface area contributed by atoms with Crippen molar-refractivity contribution in [2.24, 2.45) is 0 Å². The average Bonchev–Trinajstić information content (AvgIpc) is 3.11. The van der Waals surface area contributed by atoms with Crippen LogP contribution in [-0.4, -0.2) is 53.4 Å². The molecule has 1 saturated heterocycles. The van der Waals surface area contributed by atoms with Gasteiger partial charge in [0.1, 0.15) is 23.3 Å². The van der Waals surface area contributed by atoms with E-state index in [-0.39, 0.29) is 35.5 Å². The van der Waals surface area contributed by atoms with E-state index in [9.17, 15) is 31.5 Å². The molecule has 2 N–H and O–H groups in total. The lowest BCUT2D eigenvalue weighted by atomic mass is 10.00. The predicted molar refractivity (Wildman–Crippen MR) is 127 cm³/mol. The first-order valence-corrected chi connectivity index (χ1v) is 11.6. The number of anilines is 1. The Morgan fingerprint density at radius 2 is 1.73 bits per heavy atom. The lowest BCUT2D eigenvalue weighted by molar-refractivity contribution is -0.149. The molecule has 12 heteroatoms. The minimum atomic E-state index is -4.68. The summed E-state index contributed by atoms with van der Waals surface area (Å²) in [4.78, 5) is 31.0. The lowest BCUT2D eigenvalue weighted by Crippen LogP contribution is -2.49. The van der Waals surface area contributed by atoms with Crippen molar-refractivity contribution in [3.63, 3.8) is 0 Å². The van der Waals surface area contributed by atoms with Crippen LogP contribution in [0.25, 0.3) is 11.1 Å². The molecule has 2 amide bonds. The molecule has 0 aliphatic carbocycles. The third kappa shape index (κ3) is 7.07. The third-order valence-electron chi connectivity index (χ3n) is 5.77. The highest BCUT2D eigenvalue weighted by Gasteiger charge is 2.40. The standard InChI is InChI=1S/C25H29F5N4O3/c1-14(25(28,29)30)32-21(35)19-12-31-11-18(15-8-16(26)10-17(27)9-15)20(19)34-7-6-24(5,13-34)33-22(36)37-23(2,3)4/h8-12,14H,6-7,13H2,1-5H3,(H,32,35)(H,33,36)/t14-,24-/m0/s1. The van der Waals surface area contributed by atoms with E-state index >= 15 is 0 Å². The smallest absolute Gasteiger partial charge is 0.408 e. The number of alkyl carbamates (subject to hydrolysis) is 1. The van der Waals surface area contributed by atoms with E-state index in [1.165, 1.54) is 6.20 Å². The Morgan fingerprint density at radius 1 is 1.11 bits per heavy atom. The number of nitrogens with zero attached hydrogens (tertiary/aromatic N) is 2. The Morgan fingerprint density at radius 3 is 2.30 bits per heavy atom. The average molecular weight is 529 g/mol. The van der Waals surface area contributed by atoms with Crippen molar-refractivity contribution in [1.82, 2.24) is 15.6 Å². The summed E-state index contributed by atoms with van der Waals surface area (Å²) in [7, 11) is 0. The second-order valence-electron chi connectivity index (χ2n) is 10.3. The number of alkyl halides is 3. The van der Waals surface area contributed by atoms with Crippen molar-refractivity contribution in [1.29, 1.82) is 0 Å². The molecule has 7 nitrogen and oxygen atoms in total. The van der Waals surface area contributed by atoms with Crippen molar-refractivity contribution in [3.05, 3.63) is 47.8 Å². The molecule has 2 atom stereocenters. The summed E-state index contributed by atoms with van der Waals surface area (Å²) in [6.45, 7) is 8.10. The molecule has 0 unspecified atom stereocenters. The first-order chi connectivity index (χ1) is 17.0. The Kier molecular flexibility index (Phi) is 7.71. The molecule has 2 aromatic rings. The topological polar surface area (TPSA) is 83.6 Å².